The van der Waals surface area contributed by atoms with E-state index < -0.39 is 0 Å². The van der Waals surface area contributed by atoms with E-state index in [1.54, 1.807) is 22.7 Å². The number of H-pyrrole nitrogens is 1. The highest BCUT2D eigenvalue weighted by Gasteiger charge is 2.10. The molecule has 3 nitrogen and oxygen atoms in total. The minimum atomic E-state index is 0.842. The van der Waals surface area contributed by atoms with E-state index in [0.29, 0.717) is 0 Å². The summed E-state index contributed by atoms with van der Waals surface area (Å²) in [5.41, 5.74) is 3.05. The second kappa shape index (κ2) is 4.29. The maximum atomic E-state index is 4.65. The Morgan fingerprint density at radius 1 is 0.947 bits per heavy atom. The Morgan fingerprint density at radius 3 is 2.74 bits per heavy atom. The third kappa shape index (κ3) is 1.87. The van der Waals surface area contributed by atoms with Gasteiger partial charge in [-0.3, -0.25) is 0 Å². The lowest BCUT2D eigenvalue weighted by molar-refractivity contribution is 1.29. The maximum absolute atomic E-state index is 4.65. The van der Waals surface area contributed by atoms with Crippen LogP contribution in [-0.2, 0) is 0 Å². The van der Waals surface area contributed by atoms with Crippen molar-refractivity contribution >= 4 is 33.7 Å². The molecule has 0 aliphatic carbocycles. The molecular weight excluding hydrogens is 274 g/mol. The van der Waals surface area contributed by atoms with Gasteiger partial charge in [0.1, 0.15) is 0 Å². The summed E-state index contributed by atoms with van der Waals surface area (Å²) in [6.45, 7) is 0. The molecule has 92 valence electrons. The monoisotopic (exact) mass is 283 g/mol. The van der Waals surface area contributed by atoms with Crippen LogP contribution in [0, 0.1) is 0 Å². The molecule has 4 aromatic rings. The lowest BCUT2D eigenvalue weighted by atomic mass is 10.3. The maximum Gasteiger partial charge on any atom is 0.167 e. The predicted molar refractivity (Wildman–Crippen MR) is 80.5 cm³/mol. The van der Waals surface area contributed by atoms with E-state index in [0.717, 1.165) is 27.6 Å². The number of hydrogen-bond acceptors (Lipinski definition) is 4. The minimum Gasteiger partial charge on any atom is -0.336 e. The van der Waals surface area contributed by atoms with Crippen LogP contribution in [0.1, 0.15) is 0 Å². The number of rotatable bonds is 2. The van der Waals surface area contributed by atoms with Crippen molar-refractivity contribution in [1.82, 2.24) is 15.0 Å². The number of hydrogen-bond donors (Lipinski definition) is 1. The van der Waals surface area contributed by atoms with Gasteiger partial charge >= 0.3 is 0 Å². The zero-order valence-electron chi connectivity index (χ0n) is 9.83. The number of imidazole rings is 1. The van der Waals surface area contributed by atoms with Gasteiger partial charge < -0.3 is 4.98 Å². The molecule has 3 heterocycles. The average molecular weight is 283 g/mol. The highest BCUT2D eigenvalue weighted by Crippen LogP contribution is 2.30. The number of fused-ring (bicyclic) bond motifs is 1. The van der Waals surface area contributed by atoms with E-state index in [9.17, 15) is 0 Å². The summed E-state index contributed by atoms with van der Waals surface area (Å²) in [5.74, 6) is 0.842. The van der Waals surface area contributed by atoms with Gasteiger partial charge in [-0.05, 0) is 23.6 Å². The number of thiophene rings is 1. The van der Waals surface area contributed by atoms with Gasteiger partial charge in [-0.15, -0.1) is 22.7 Å². The molecule has 0 bridgehead atoms. The van der Waals surface area contributed by atoms with Crippen LogP contribution in [0.3, 0.4) is 0 Å². The molecule has 0 saturated carbocycles. The fraction of sp³-hybridized carbons (Fsp3) is 0. The Morgan fingerprint density at radius 2 is 1.89 bits per heavy atom. The largest absolute Gasteiger partial charge is 0.336 e. The molecule has 0 radical (unpaired) electrons. The van der Waals surface area contributed by atoms with Crippen LogP contribution in [-0.4, -0.2) is 15.0 Å². The van der Waals surface area contributed by atoms with Crippen LogP contribution >= 0.6 is 22.7 Å². The Balaban J connectivity index is 1.80. The molecule has 0 unspecified atom stereocenters. The zero-order chi connectivity index (χ0) is 12.7. The van der Waals surface area contributed by atoms with E-state index in [-0.39, 0.29) is 0 Å². The van der Waals surface area contributed by atoms with Crippen LogP contribution in [0.5, 0.6) is 0 Å². The standard InChI is InChI=1S/C14H9N3S2/c1-2-5-10-9(4-1)15-13(16-10)14-17-11(8-19-14)12-6-3-7-18-12/h1-8H,(H,15,16). The molecule has 0 aliphatic heterocycles. The third-order valence-corrected chi connectivity index (χ3v) is 4.61. The van der Waals surface area contributed by atoms with Gasteiger partial charge in [0.2, 0.25) is 0 Å². The van der Waals surface area contributed by atoms with E-state index in [2.05, 4.69) is 31.8 Å². The van der Waals surface area contributed by atoms with Crippen molar-refractivity contribution in [2.24, 2.45) is 0 Å². The normalized spacial score (nSPS) is 11.2. The number of para-hydroxylation sites is 2. The van der Waals surface area contributed by atoms with Crippen molar-refractivity contribution < 1.29 is 0 Å². The van der Waals surface area contributed by atoms with Gasteiger partial charge in [-0.2, -0.15) is 0 Å². The minimum absolute atomic E-state index is 0.842. The lowest BCUT2D eigenvalue weighted by Crippen LogP contribution is -1.79. The fourth-order valence-corrected chi connectivity index (χ4v) is 3.50. The molecule has 19 heavy (non-hydrogen) atoms. The number of thiazole rings is 1. The van der Waals surface area contributed by atoms with E-state index in [4.69, 9.17) is 0 Å². The van der Waals surface area contributed by atoms with Crippen molar-refractivity contribution in [1.29, 1.82) is 0 Å². The molecule has 3 aromatic heterocycles. The van der Waals surface area contributed by atoms with Crippen molar-refractivity contribution in [2.45, 2.75) is 0 Å². The summed E-state index contributed by atoms with van der Waals surface area (Å²) >= 11 is 3.32. The molecule has 1 aromatic carbocycles. The number of nitrogens with zero attached hydrogens (tertiary/aromatic N) is 2. The smallest absolute Gasteiger partial charge is 0.167 e. The van der Waals surface area contributed by atoms with E-state index in [1.165, 1.54) is 4.88 Å². The quantitative estimate of drug-likeness (QED) is 0.592. The van der Waals surface area contributed by atoms with Crippen LogP contribution in [0.25, 0.3) is 32.4 Å². The molecule has 5 heteroatoms. The topological polar surface area (TPSA) is 41.6 Å². The van der Waals surface area contributed by atoms with Gasteiger partial charge in [-0.25, -0.2) is 9.97 Å². The zero-order valence-corrected chi connectivity index (χ0v) is 11.5. The summed E-state index contributed by atoms with van der Waals surface area (Å²) in [7, 11) is 0. The number of benzene rings is 1. The molecule has 0 atom stereocenters. The first-order chi connectivity index (χ1) is 9.40. The van der Waals surface area contributed by atoms with E-state index >= 15 is 0 Å². The molecular formula is C14H9N3S2. The van der Waals surface area contributed by atoms with Crippen LogP contribution in [0.2, 0.25) is 0 Å². The van der Waals surface area contributed by atoms with Crippen molar-refractivity contribution in [3.63, 3.8) is 0 Å². The van der Waals surface area contributed by atoms with Gasteiger partial charge in [0, 0.05) is 5.38 Å². The van der Waals surface area contributed by atoms with Gasteiger partial charge in [-0.1, -0.05) is 18.2 Å². The van der Waals surface area contributed by atoms with Gasteiger partial charge in [0.05, 0.1) is 21.6 Å². The van der Waals surface area contributed by atoms with E-state index in [1.807, 2.05) is 30.3 Å². The average Bonchev–Trinajstić information content (AvgIpc) is 3.17. The Labute approximate surface area is 117 Å². The Hall–Kier alpha value is -1.98. The SMILES string of the molecule is c1csc(-c2csc(-c3nc4ccccc4[nH]3)n2)c1. The summed E-state index contributed by atoms with van der Waals surface area (Å²) in [6.07, 6.45) is 0. The van der Waals surface area contributed by atoms with Crippen LogP contribution in [0.15, 0.2) is 47.2 Å². The second-order valence-corrected chi connectivity index (χ2v) is 5.92. The van der Waals surface area contributed by atoms with Crippen molar-refractivity contribution in [3.8, 4) is 21.4 Å². The third-order valence-electron chi connectivity index (χ3n) is 2.87. The molecule has 0 spiro atoms. The molecule has 0 amide bonds. The summed E-state index contributed by atoms with van der Waals surface area (Å²) in [5, 5.41) is 5.07. The molecule has 0 saturated heterocycles. The number of aromatic nitrogens is 3. The molecule has 4 rings (SSSR count). The second-order valence-electron chi connectivity index (χ2n) is 4.12. The van der Waals surface area contributed by atoms with Crippen molar-refractivity contribution in [3.05, 3.63) is 47.2 Å². The first-order valence-corrected chi connectivity index (χ1v) is 7.60. The fourth-order valence-electron chi connectivity index (χ4n) is 1.97. The Bertz CT molecular complexity index is 794. The highest BCUT2D eigenvalue weighted by atomic mass is 32.1. The molecule has 0 aliphatic rings. The predicted octanol–water partition coefficient (Wildman–Crippen LogP) is 4.41. The van der Waals surface area contributed by atoms with Crippen molar-refractivity contribution in [2.75, 3.05) is 0 Å². The van der Waals surface area contributed by atoms with Crippen LogP contribution < -0.4 is 0 Å². The number of nitrogens with one attached hydrogen (secondary N) is 1. The first kappa shape index (κ1) is 10.9. The summed E-state index contributed by atoms with van der Waals surface area (Å²) in [6, 6.07) is 12.2. The first-order valence-electron chi connectivity index (χ1n) is 5.85. The van der Waals surface area contributed by atoms with Gasteiger partial charge in [0.15, 0.2) is 10.8 Å². The highest BCUT2D eigenvalue weighted by molar-refractivity contribution is 7.15. The number of aromatic amines is 1. The summed E-state index contributed by atoms with van der Waals surface area (Å²) < 4.78 is 0. The lowest BCUT2D eigenvalue weighted by Gasteiger charge is -1.88. The molecule has 1 N–H and O–H groups in total. The Kier molecular flexibility index (Phi) is 2.46. The summed E-state index contributed by atoms with van der Waals surface area (Å²) in [4.78, 5) is 13.7. The molecule has 0 fully saturated rings. The van der Waals surface area contributed by atoms with Gasteiger partial charge in [0.25, 0.3) is 0 Å². The van der Waals surface area contributed by atoms with Crippen LogP contribution in [0.4, 0.5) is 0 Å².